The van der Waals surface area contributed by atoms with Crippen LogP contribution in [0.3, 0.4) is 0 Å². The smallest absolute Gasteiger partial charge is 0.335 e. The predicted molar refractivity (Wildman–Crippen MR) is 101 cm³/mol. The van der Waals surface area contributed by atoms with Crippen LogP contribution in [-0.4, -0.2) is 35.5 Å². The van der Waals surface area contributed by atoms with Crippen LogP contribution < -0.4 is 15.0 Å². The van der Waals surface area contributed by atoms with Crippen LogP contribution in [0.2, 0.25) is 10.0 Å². The standard InChI is InChI=1S/C18H14Cl2N2O5/c1-9(17(24)21-13-7-11(19)3-4-12(13)20)22-14-6-10(18(25)26)2-5-15(14)27-8-16(22)23/h2-7,9H,8H2,1H3,(H,21,24)(H,25,26). The highest BCUT2D eigenvalue weighted by Crippen LogP contribution is 2.35. The molecule has 0 saturated heterocycles. The van der Waals surface area contributed by atoms with Gasteiger partial charge < -0.3 is 15.2 Å². The molecule has 2 aromatic rings. The second-order valence-electron chi connectivity index (χ2n) is 5.83. The summed E-state index contributed by atoms with van der Waals surface area (Å²) in [6.07, 6.45) is 0. The van der Waals surface area contributed by atoms with E-state index in [9.17, 15) is 19.5 Å². The maximum absolute atomic E-state index is 12.7. The quantitative estimate of drug-likeness (QED) is 0.807. The van der Waals surface area contributed by atoms with Gasteiger partial charge in [-0.3, -0.25) is 14.5 Å². The van der Waals surface area contributed by atoms with E-state index in [2.05, 4.69) is 5.32 Å². The molecule has 1 unspecified atom stereocenters. The lowest BCUT2D eigenvalue weighted by Crippen LogP contribution is -2.49. The summed E-state index contributed by atoms with van der Waals surface area (Å²) in [4.78, 5) is 37.5. The third-order valence-corrected chi connectivity index (χ3v) is 4.60. The number of aromatic carboxylic acids is 1. The number of nitrogens with one attached hydrogen (secondary N) is 1. The number of amides is 2. The second kappa shape index (κ2) is 7.46. The molecule has 0 saturated carbocycles. The first kappa shape index (κ1) is 19.0. The van der Waals surface area contributed by atoms with Gasteiger partial charge in [-0.15, -0.1) is 0 Å². The minimum Gasteiger partial charge on any atom is -0.482 e. The first-order chi connectivity index (χ1) is 12.8. The molecule has 1 aliphatic rings. The van der Waals surface area contributed by atoms with E-state index in [1.54, 1.807) is 12.1 Å². The lowest BCUT2D eigenvalue weighted by molar-refractivity contribution is -0.125. The van der Waals surface area contributed by atoms with Crippen molar-refractivity contribution in [2.75, 3.05) is 16.8 Å². The van der Waals surface area contributed by atoms with E-state index in [0.717, 1.165) is 0 Å². The summed E-state index contributed by atoms with van der Waals surface area (Å²) in [5.41, 5.74) is 0.495. The zero-order valence-corrected chi connectivity index (χ0v) is 15.5. The molecule has 1 aliphatic heterocycles. The number of carbonyl (C=O) groups is 3. The molecular formula is C18H14Cl2N2O5. The van der Waals surface area contributed by atoms with Gasteiger partial charge in [-0.05, 0) is 43.3 Å². The van der Waals surface area contributed by atoms with Crippen LogP contribution in [0.25, 0.3) is 0 Å². The molecule has 27 heavy (non-hydrogen) atoms. The van der Waals surface area contributed by atoms with Crippen LogP contribution in [-0.2, 0) is 9.59 Å². The summed E-state index contributed by atoms with van der Waals surface area (Å²) in [6, 6.07) is 7.79. The molecule has 3 rings (SSSR count). The number of carboxylic acids is 1. The Balaban J connectivity index is 1.92. The molecule has 7 nitrogen and oxygen atoms in total. The number of ether oxygens (including phenoxy) is 1. The van der Waals surface area contributed by atoms with E-state index in [0.29, 0.717) is 21.5 Å². The van der Waals surface area contributed by atoms with E-state index < -0.39 is 23.8 Å². The van der Waals surface area contributed by atoms with Crippen LogP contribution in [0.1, 0.15) is 17.3 Å². The zero-order valence-electron chi connectivity index (χ0n) is 14.0. The third kappa shape index (κ3) is 3.84. The summed E-state index contributed by atoms with van der Waals surface area (Å²) >= 11 is 12.0. The number of hydrogen-bond donors (Lipinski definition) is 2. The third-order valence-electron chi connectivity index (χ3n) is 4.04. The Hall–Kier alpha value is -2.77. The Bertz CT molecular complexity index is 947. The Labute approximate surface area is 164 Å². The van der Waals surface area contributed by atoms with Crippen molar-refractivity contribution in [3.8, 4) is 5.75 Å². The Kier molecular flexibility index (Phi) is 5.25. The van der Waals surface area contributed by atoms with E-state index >= 15 is 0 Å². The zero-order chi connectivity index (χ0) is 19.7. The van der Waals surface area contributed by atoms with Gasteiger partial charge in [0.2, 0.25) is 5.91 Å². The maximum atomic E-state index is 12.7. The van der Waals surface area contributed by atoms with E-state index in [1.165, 1.54) is 36.1 Å². The van der Waals surface area contributed by atoms with Crippen molar-refractivity contribution < 1.29 is 24.2 Å². The molecule has 140 valence electrons. The van der Waals surface area contributed by atoms with Gasteiger partial charge in [0, 0.05) is 5.02 Å². The average Bonchev–Trinajstić information content (AvgIpc) is 2.63. The molecular weight excluding hydrogens is 395 g/mol. The maximum Gasteiger partial charge on any atom is 0.335 e. The lowest BCUT2D eigenvalue weighted by Gasteiger charge is -2.33. The van der Waals surface area contributed by atoms with Crippen molar-refractivity contribution in [3.63, 3.8) is 0 Å². The van der Waals surface area contributed by atoms with Gasteiger partial charge in [-0.2, -0.15) is 0 Å². The van der Waals surface area contributed by atoms with Crippen molar-refractivity contribution in [2.24, 2.45) is 0 Å². The molecule has 2 amide bonds. The largest absolute Gasteiger partial charge is 0.482 e. The average molecular weight is 409 g/mol. The summed E-state index contributed by atoms with van der Waals surface area (Å²) in [5, 5.41) is 12.5. The van der Waals surface area contributed by atoms with Gasteiger partial charge in [0.05, 0.1) is 22.0 Å². The molecule has 0 radical (unpaired) electrons. The van der Waals surface area contributed by atoms with Gasteiger partial charge in [0.1, 0.15) is 11.8 Å². The molecule has 1 heterocycles. The number of hydrogen-bond acceptors (Lipinski definition) is 4. The van der Waals surface area contributed by atoms with Crippen molar-refractivity contribution in [2.45, 2.75) is 13.0 Å². The minimum atomic E-state index is -1.15. The Morgan fingerprint density at radius 1 is 1.22 bits per heavy atom. The van der Waals surface area contributed by atoms with Gasteiger partial charge in [0.25, 0.3) is 5.91 Å². The molecule has 9 heteroatoms. The van der Waals surface area contributed by atoms with Gasteiger partial charge in [0.15, 0.2) is 6.61 Å². The Morgan fingerprint density at radius 2 is 1.96 bits per heavy atom. The first-order valence-corrected chi connectivity index (χ1v) is 8.61. The molecule has 0 bridgehead atoms. The normalized spacial score (nSPS) is 14.2. The van der Waals surface area contributed by atoms with Crippen LogP contribution in [0.4, 0.5) is 11.4 Å². The SMILES string of the molecule is CC(C(=O)Nc1cc(Cl)ccc1Cl)N1C(=O)COc2ccc(C(=O)O)cc21. The van der Waals surface area contributed by atoms with Crippen LogP contribution in [0.15, 0.2) is 36.4 Å². The number of carbonyl (C=O) groups excluding carboxylic acids is 2. The highest BCUT2D eigenvalue weighted by atomic mass is 35.5. The number of carboxylic acid groups (broad SMARTS) is 1. The highest BCUT2D eigenvalue weighted by Gasteiger charge is 2.34. The molecule has 2 aromatic carbocycles. The van der Waals surface area contributed by atoms with Crippen LogP contribution in [0, 0.1) is 0 Å². The molecule has 0 aliphatic carbocycles. The Morgan fingerprint density at radius 3 is 2.67 bits per heavy atom. The number of benzene rings is 2. The van der Waals surface area contributed by atoms with Gasteiger partial charge in [-0.1, -0.05) is 23.2 Å². The summed E-state index contributed by atoms with van der Waals surface area (Å²) in [5.74, 6) is -1.82. The number of fused-ring (bicyclic) bond motifs is 1. The predicted octanol–water partition coefficient (Wildman–Crippen LogP) is 3.44. The fourth-order valence-corrected chi connectivity index (χ4v) is 3.01. The molecule has 0 fully saturated rings. The number of rotatable bonds is 4. The molecule has 1 atom stereocenters. The van der Waals surface area contributed by atoms with Crippen LogP contribution >= 0.6 is 23.2 Å². The minimum absolute atomic E-state index is 0.0254. The lowest BCUT2D eigenvalue weighted by atomic mass is 10.1. The number of halogens is 2. The summed E-state index contributed by atoms with van der Waals surface area (Å²) in [7, 11) is 0. The number of anilines is 2. The molecule has 2 N–H and O–H groups in total. The fourth-order valence-electron chi connectivity index (χ4n) is 2.68. The van der Waals surface area contributed by atoms with E-state index in [4.69, 9.17) is 27.9 Å². The molecule has 0 spiro atoms. The monoisotopic (exact) mass is 408 g/mol. The second-order valence-corrected chi connectivity index (χ2v) is 6.67. The van der Waals surface area contributed by atoms with Crippen molar-refractivity contribution in [3.05, 3.63) is 52.0 Å². The van der Waals surface area contributed by atoms with Gasteiger partial charge in [-0.25, -0.2) is 4.79 Å². The summed E-state index contributed by atoms with van der Waals surface area (Å²) < 4.78 is 5.33. The number of nitrogens with zero attached hydrogens (tertiary/aromatic N) is 1. The van der Waals surface area contributed by atoms with Crippen molar-refractivity contribution >= 4 is 52.4 Å². The fraction of sp³-hybridized carbons (Fsp3) is 0.167. The van der Waals surface area contributed by atoms with E-state index in [1.807, 2.05) is 0 Å². The summed E-state index contributed by atoms with van der Waals surface area (Å²) in [6.45, 7) is 1.27. The van der Waals surface area contributed by atoms with Crippen LogP contribution in [0.5, 0.6) is 5.75 Å². The van der Waals surface area contributed by atoms with Crippen molar-refractivity contribution in [1.82, 2.24) is 0 Å². The molecule has 0 aromatic heterocycles. The first-order valence-electron chi connectivity index (χ1n) is 7.86. The van der Waals surface area contributed by atoms with Gasteiger partial charge >= 0.3 is 5.97 Å². The highest BCUT2D eigenvalue weighted by molar-refractivity contribution is 6.35. The van der Waals surface area contributed by atoms with E-state index in [-0.39, 0.29) is 17.9 Å². The topological polar surface area (TPSA) is 95.9 Å². The van der Waals surface area contributed by atoms with Crippen molar-refractivity contribution in [1.29, 1.82) is 0 Å².